The fourth-order valence-electron chi connectivity index (χ4n) is 5.63. The number of hydrogen-bond acceptors (Lipinski definition) is 2. The van der Waals surface area contributed by atoms with Crippen LogP contribution in [0.15, 0.2) is 12.2 Å². The van der Waals surface area contributed by atoms with E-state index in [4.69, 9.17) is 0 Å². The highest BCUT2D eigenvalue weighted by molar-refractivity contribution is 7.38. The average molecular weight is 596 g/mol. The molecule has 0 amide bonds. The number of aliphatic hydroxyl groups is 1. The van der Waals surface area contributed by atoms with Crippen molar-refractivity contribution in [1.29, 1.82) is 0 Å². The van der Waals surface area contributed by atoms with Gasteiger partial charge in [0.05, 0.1) is 21.1 Å². The molecule has 0 aliphatic heterocycles. The van der Waals surface area contributed by atoms with Crippen LogP contribution in [0.4, 0.5) is 0 Å². The fraction of sp³-hybridized carbons (Fsp3) is 0.919. The number of Topliss-reactive ketones (excluding diaryl/α,β-unsaturated/α-hetero) is 1. The Labute approximate surface area is 260 Å². The van der Waals surface area contributed by atoms with Crippen molar-refractivity contribution in [3.63, 3.8) is 0 Å². The zero-order valence-electron chi connectivity index (χ0n) is 28.7. The van der Waals surface area contributed by atoms with E-state index in [0.29, 0.717) is 10.9 Å². The van der Waals surface area contributed by atoms with Crippen molar-refractivity contribution in [2.24, 2.45) is 0 Å². The summed E-state index contributed by atoms with van der Waals surface area (Å²) in [5.41, 5.74) is 0. The lowest BCUT2D eigenvalue weighted by molar-refractivity contribution is -0.883. The van der Waals surface area contributed by atoms with E-state index in [-0.39, 0.29) is 11.6 Å². The summed E-state index contributed by atoms with van der Waals surface area (Å²) in [7, 11) is 7.60. The molecule has 0 aliphatic carbocycles. The summed E-state index contributed by atoms with van der Waals surface area (Å²) in [6, 6.07) is 0. The molecule has 1 N–H and O–H groups in total. The molecule has 3 nitrogen and oxygen atoms in total. The fourth-order valence-corrected chi connectivity index (χ4v) is 7.16. The summed E-state index contributed by atoms with van der Waals surface area (Å²) in [5.74, 6) is 0.0471. The van der Waals surface area contributed by atoms with E-state index in [1.165, 1.54) is 156 Å². The Hall–Kier alpha value is -0.240. The molecule has 0 bridgehead atoms. The molecule has 0 aliphatic rings. The Morgan fingerprint density at radius 2 is 0.951 bits per heavy atom. The van der Waals surface area contributed by atoms with Crippen LogP contribution in [0.5, 0.6) is 0 Å². The van der Waals surface area contributed by atoms with Gasteiger partial charge in [0.25, 0.3) is 0 Å². The van der Waals surface area contributed by atoms with E-state index in [1.54, 1.807) is 0 Å². The number of carbonyl (C=O) groups excluding carboxylic acids is 1. The second-order valence-electron chi connectivity index (χ2n) is 13.6. The maximum absolute atomic E-state index is 12.8. The lowest BCUT2D eigenvalue weighted by Crippen LogP contribution is -2.51. The van der Waals surface area contributed by atoms with E-state index >= 15 is 0 Å². The summed E-state index contributed by atoms with van der Waals surface area (Å²) in [5, 5.41) is 10.9. The molecule has 41 heavy (non-hydrogen) atoms. The van der Waals surface area contributed by atoms with E-state index in [2.05, 4.69) is 47.1 Å². The molecule has 0 aromatic rings. The molecular weight excluding hydrogens is 521 g/mol. The van der Waals surface area contributed by atoms with Crippen molar-refractivity contribution in [2.45, 2.75) is 193 Å². The second kappa shape index (κ2) is 29.8. The molecule has 2 unspecified atom stereocenters. The van der Waals surface area contributed by atoms with Gasteiger partial charge in [-0.2, -0.15) is 6.16 Å². The third kappa shape index (κ3) is 27.1. The summed E-state index contributed by atoms with van der Waals surface area (Å²) in [6.07, 6.45) is 38.4. The van der Waals surface area contributed by atoms with Crippen LogP contribution in [0.1, 0.15) is 181 Å². The molecule has 0 aromatic heterocycles. The Morgan fingerprint density at radius 1 is 0.585 bits per heavy atom. The van der Waals surface area contributed by atoms with Crippen molar-refractivity contribution < 1.29 is 14.4 Å². The van der Waals surface area contributed by atoms with Gasteiger partial charge in [-0.1, -0.05) is 154 Å². The summed E-state index contributed by atoms with van der Waals surface area (Å²) >= 11 is 0. The van der Waals surface area contributed by atoms with Gasteiger partial charge in [0.1, 0.15) is 6.10 Å². The van der Waals surface area contributed by atoms with Crippen LogP contribution in [0.3, 0.4) is 0 Å². The van der Waals surface area contributed by atoms with Gasteiger partial charge in [0.2, 0.25) is 0 Å². The molecule has 0 saturated carbocycles. The van der Waals surface area contributed by atoms with E-state index in [9.17, 15) is 9.90 Å². The minimum Gasteiger partial charge on any atom is -0.471 e. The van der Waals surface area contributed by atoms with Crippen molar-refractivity contribution in [3.8, 4) is 0 Å². The van der Waals surface area contributed by atoms with Crippen molar-refractivity contribution in [3.05, 3.63) is 12.2 Å². The quantitative estimate of drug-likeness (QED) is 0.0363. The topological polar surface area (TPSA) is 37.3 Å². The lowest BCUT2D eigenvalue weighted by Gasteiger charge is -2.45. The van der Waals surface area contributed by atoms with Crippen molar-refractivity contribution >= 4 is 14.4 Å². The van der Waals surface area contributed by atoms with Gasteiger partial charge in [-0.05, 0) is 37.9 Å². The highest BCUT2D eigenvalue weighted by Crippen LogP contribution is 2.30. The number of quaternary nitrogens is 1. The maximum Gasteiger partial charge on any atom is 0.164 e. The SMILES string of the molecule is CCCCCCCC/C=C\CCCCCCCC[P-]C(C(O)C(=O)CCCCCCCCCCCCC)[N+](C)(C)C. The lowest BCUT2D eigenvalue weighted by atomic mass is 10.0. The molecule has 4 heteroatoms. The van der Waals surface area contributed by atoms with Crippen LogP contribution < -0.4 is 0 Å². The largest absolute Gasteiger partial charge is 0.471 e. The number of nitrogens with zero attached hydrogens (tertiary/aromatic N) is 1. The number of hydrogen-bond donors (Lipinski definition) is 1. The number of unbranched alkanes of at least 4 members (excludes halogenated alkanes) is 22. The van der Waals surface area contributed by atoms with Crippen molar-refractivity contribution in [2.75, 3.05) is 27.3 Å². The molecule has 0 heterocycles. The van der Waals surface area contributed by atoms with Gasteiger partial charge in [-0.25, -0.2) is 0 Å². The summed E-state index contributed by atoms with van der Waals surface area (Å²) in [4.78, 5) is 12.8. The Morgan fingerprint density at radius 3 is 1.37 bits per heavy atom. The minimum atomic E-state index is -0.825. The Bertz CT molecular complexity index is 586. The normalized spacial score (nSPS) is 14.0. The highest BCUT2D eigenvalue weighted by Gasteiger charge is 2.27. The Balaban J connectivity index is 3.84. The summed E-state index contributed by atoms with van der Waals surface area (Å²) < 4.78 is 0.652. The molecule has 0 spiro atoms. The van der Waals surface area contributed by atoms with Gasteiger partial charge >= 0.3 is 0 Å². The first-order valence-electron chi connectivity index (χ1n) is 18.2. The van der Waals surface area contributed by atoms with Crippen LogP contribution >= 0.6 is 8.58 Å². The van der Waals surface area contributed by atoms with Gasteiger partial charge in [-0.3, -0.25) is 4.79 Å². The number of ketones is 1. The van der Waals surface area contributed by atoms with Crippen LogP contribution in [0.2, 0.25) is 0 Å². The van der Waals surface area contributed by atoms with E-state index in [0.717, 1.165) is 19.0 Å². The number of likely N-dealkylation sites (N-methyl/N-ethyl adjacent to an activating group) is 1. The zero-order valence-corrected chi connectivity index (χ0v) is 29.5. The predicted molar refractivity (Wildman–Crippen MR) is 185 cm³/mol. The van der Waals surface area contributed by atoms with Crippen LogP contribution in [-0.2, 0) is 4.79 Å². The Kier molecular flexibility index (Phi) is 29.6. The molecule has 0 aromatic carbocycles. The molecular formula is C37H74NO2P. The average Bonchev–Trinajstić information content (AvgIpc) is 2.94. The molecule has 0 saturated heterocycles. The zero-order chi connectivity index (χ0) is 30.4. The van der Waals surface area contributed by atoms with Gasteiger partial charge in [0, 0.05) is 6.42 Å². The first kappa shape index (κ1) is 40.8. The first-order chi connectivity index (χ1) is 19.8. The van der Waals surface area contributed by atoms with E-state index in [1.807, 2.05) is 0 Å². The van der Waals surface area contributed by atoms with Crippen LogP contribution in [-0.4, -0.2) is 54.6 Å². The third-order valence-electron chi connectivity index (χ3n) is 8.42. The summed E-state index contributed by atoms with van der Waals surface area (Å²) in [6.45, 7) is 4.55. The smallest absolute Gasteiger partial charge is 0.164 e. The molecule has 244 valence electrons. The third-order valence-corrected chi connectivity index (χ3v) is 10.3. The van der Waals surface area contributed by atoms with Crippen LogP contribution in [0, 0.1) is 0 Å². The molecule has 0 rings (SSSR count). The number of carbonyl (C=O) groups is 1. The second-order valence-corrected chi connectivity index (χ2v) is 14.9. The van der Waals surface area contributed by atoms with Crippen molar-refractivity contribution in [1.82, 2.24) is 0 Å². The maximum atomic E-state index is 12.8. The highest BCUT2D eigenvalue weighted by atomic mass is 31.1. The van der Waals surface area contributed by atoms with E-state index < -0.39 is 6.10 Å². The standard InChI is InChI=1S/C37H74NO2P/c1-6-8-10-12-14-16-18-19-20-21-22-24-26-28-30-32-34-41-37(38(3,4)5)36(40)35(39)33-31-29-27-25-23-17-15-13-11-9-7-2/h19-20,36-37,40H,6-18,21-34H2,1-5H3/b20-19-. The van der Waals surface area contributed by atoms with Gasteiger partial charge in [0.15, 0.2) is 5.78 Å². The number of rotatable bonds is 32. The molecule has 0 radical (unpaired) electrons. The molecule has 0 fully saturated rings. The van der Waals surface area contributed by atoms with Crippen LogP contribution in [0.25, 0.3) is 0 Å². The van der Waals surface area contributed by atoms with Gasteiger partial charge in [-0.15, -0.1) is 0 Å². The predicted octanol–water partition coefficient (Wildman–Crippen LogP) is 11.6. The first-order valence-corrected chi connectivity index (χ1v) is 19.3. The number of allylic oxidation sites excluding steroid dienone is 2. The monoisotopic (exact) mass is 596 g/mol. The minimum absolute atomic E-state index is 0.0154. The van der Waals surface area contributed by atoms with Gasteiger partial charge < -0.3 is 18.2 Å². The molecule has 2 atom stereocenters. The number of aliphatic hydroxyl groups excluding tert-OH is 1.